The monoisotopic (exact) mass is 394 g/mol. The van der Waals surface area contributed by atoms with Crippen LogP contribution in [0.15, 0.2) is 54.6 Å². The van der Waals surface area contributed by atoms with Crippen LogP contribution in [0, 0.1) is 11.8 Å². The molecule has 2 amide bonds. The summed E-state index contributed by atoms with van der Waals surface area (Å²) in [5.41, 5.74) is 2.27. The first-order valence-electron chi connectivity index (χ1n) is 10.4. The maximum Gasteiger partial charge on any atom is 0.223 e. The van der Waals surface area contributed by atoms with E-state index in [0.717, 1.165) is 43.4 Å². The molecule has 0 unspecified atom stereocenters. The Labute approximate surface area is 172 Å². The van der Waals surface area contributed by atoms with Gasteiger partial charge in [0.05, 0.1) is 7.11 Å². The van der Waals surface area contributed by atoms with Crippen LogP contribution in [0.2, 0.25) is 0 Å². The molecule has 1 aliphatic rings. The molecule has 0 aliphatic heterocycles. The van der Waals surface area contributed by atoms with E-state index in [9.17, 15) is 9.59 Å². The summed E-state index contributed by atoms with van der Waals surface area (Å²) in [5.74, 6) is 1.04. The van der Waals surface area contributed by atoms with Gasteiger partial charge in [0.2, 0.25) is 11.8 Å². The standard InChI is InChI=1S/C24H30N2O3/c1-29-22-13-7-19(8-14-22)17-26-24(28)21-11-9-20(10-12-21)23(27)25-16-15-18-5-3-2-4-6-18/h2-8,13-14,20-21H,9-12,15-17H2,1H3,(H,25,27)(H,26,28). The highest BCUT2D eigenvalue weighted by Gasteiger charge is 2.29. The van der Waals surface area contributed by atoms with Crippen LogP contribution in [-0.2, 0) is 22.6 Å². The maximum atomic E-state index is 12.5. The number of carbonyl (C=O) groups excluding carboxylic acids is 2. The maximum absolute atomic E-state index is 12.5. The molecule has 154 valence electrons. The smallest absolute Gasteiger partial charge is 0.223 e. The molecule has 2 aromatic rings. The second-order valence-corrected chi connectivity index (χ2v) is 7.64. The summed E-state index contributed by atoms with van der Waals surface area (Å²) in [5, 5.41) is 6.07. The van der Waals surface area contributed by atoms with Gasteiger partial charge in [0.25, 0.3) is 0 Å². The van der Waals surface area contributed by atoms with Gasteiger partial charge in [0.15, 0.2) is 0 Å². The quantitative estimate of drug-likeness (QED) is 0.720. The Morgan fingerprint density at radius 1 is 0.828 bits per heavy atom. The molecule has 1 saturated carbocycles. The van der Waals surface area contributed by atoms with Crippen molar-refractivity contribution in [1.29, 1.82) is 0 Å². The van der Waals surface area contributed by atoms with Gasteiger partial charge in [0.1, 0.15) is 5.75 Å². The second-order valence-electron chi connectivity index (χ2n) is 7.64. The van der Waals surface area contributed by atoms with Crippen molar-refractivity contribution in [3.63, 3.8) is 0 Å². The predicted molar refractivity (Wildman–Crippen MR) is 113 cm³/mol. The number of hydrogen-bond donors (Lipinski definition) is 2. The minimum atomic E-state index is 0.00150. The lowest BCUT2D eigenvalue weighted by Crippen LogP contribution is -2.37. The second kappa shape index (κ2) is 10.6. The molecule has 0 heterocycles. The van der Waals surface area contributed by atoms with E-state index in [-0.39, 0.29) is 23.7 Å². The van der Waals surface area contributed by atoms with Crippen LogP contribution < -0.4 is 15.4 Å². The van der Waals surface area contributed by atoms with Crippen molar-refractivity contribution in [2.24, 2.45) is 11.8 Å². The first-order valence-corrected chi connectivity index (χ1v) is 10.4. The van der Waals surface area contributed by atoms with Crippen molar-refractivity contribution in [3.05, 3.63) is 65.7 Å². The number of ether oxygens (including phenoxy) is 1. The average Bonchev–Trinajstić information content (AvgIpc) is 2.78. The van der Waals surface area contributed by atoms with Crippen molar-refractivity contribution >= 4 is 11.8 Å². The van der Waals surface area contributed by atoms with Crippen molar-refractivity contribution in [1.82, 2.24) is 10.6 Å². The van der Waals surface area contributed by atoms with Crippen molar-refractivity contribution in [2.75, 3.05) is 13.7 Å². The molecule has 3 rings (SSSR count). The first kappa shape index (κ1) is 20.9. The number of hydrogen-bond acceptors (Lipinski definition) is 3. The van der Waals surface area contributed by atoms with Gasteiger partial charge in [-0.25, -0.2) is 0 Å². The molecule has 2 N–H and O–H groups in total. The molecule has 0 radical (unpaired) electrons. The summed E-state index contributed by atoms with van der Waals surface area (Å²) in [7, 11) is 1.64. The van der Waals surface area contributed by atoms with E-state index in [1.54, 1.807) is 7.11 Å². The molecular weight excluding hydrogens is 364 g/mol. The van der Waals surface area contributed by atoms with Crippen LogP contribution in [0.3, 0.4) is 0 Å². The summed E-state index contributed by atoms with van der Waals surface area (Å²) in [6.45, 7) is 1.17. The van der Waals surface area contributed by atoms with Crippen LogP contribution in [0.5, 0.6) is 5.75 Å². The van der Waals surface area contributed by atoms with E-state index in [2.05, 4.69) is 22.8 Å². The molecule has 5 nitrogen and oxygen atoms in total. The molecule has 0 atom stereocenters. The third-order valence-electron chi connectivity index (χ3n) is 5.65. The average molecular weight is 395 g/mol. The summed E-state index contributed by atoms with van der Waals surface area (Å²) < 4.78 is 5.15. The Hall–Kier alpha value is -2.82. The summed E-state index contributed by atoms with van der Waals surface area (Å²) in [6.07, 6.45) is 3.93. The highest BCUT2D eigenvalue weighted by molar-refractivity contribution is 5.81. The zero-order valence-electron chi connectivity index (χ0n) is 17.0. The Bertz CT molecular complexity index is 782. The van der Waals surface area contributed by atoms with Crippen LogP contribution in [-0.4, -0.2) is 25.5 Å². The van der Waals surface area contributed by atoms with Gasteiger partial charge in [-0.1, -0.05) is 42.5 Å². The van der Waals surface area contributed by atoms with E-state index in [4.69, 9.17) is 4.74 Å². The van der Waals surface area contributed by atoms with Gasteiger partial charge in [-0.3, -0.25) is 9.59 Å². The largest absolute Gasteiger partial charge is 0.497 e. The molecule has 1 fully saturated rings. The number of nitrogens with one attached hydrogen (secondary N) is 2. The van der Waals surface area contributed by atoms with Gasteiger partial charge in [-0.05, 0) is 55.4 Å². The van der Waals surface area contributed by atoms with Gasteiger partial charge < -0.3 is 15.4 Å². The molecule has 1 aliphatic carbocycles. The number of amides is 2. The van der Waals surface area contributed by atoms with Crippen molar-refractivity contribution in [2.45, 2.75) is 38.6 Å². The van der Waals surface area contributed by atoms with Crippen LogP contribution in [0.4, 0.5) is 0 Å². The van der Waals surface area contributed by atoms with Gasteiger partial charge >= 0.3 is 0 Å². The molecule has 0 aromatic heterocycles. The fourth-order valence-electron chi connectivity index (χ4n) is 3.81. The third-order valence-corrected chi connectivity index (χ3v) is 5.65. The van der Waals surface area contributed by atoms with Gasteiger partial charge in [-0.2, -0.15) is 0 Å². The normalized spacial score (nSPS) is 18.7. The van der Waals surface area contributed by atoms with E-state index >= 15 is 0 Å². The Morgan fingerprint density at radius 2 is 1.41 bits per heavy atom. The van der Waals surface area contributed by atoms with E-state index < -0.39 is 0 Å². The van der Waals surface area contributed by atoms with Crippen molar-refractivity contribution < 1.29 is 14.3 Å². The summed E-state index contributed by atoms with van der Waals surface area (Å²) in [4.78, 5) is 24.9. The molecule has 2 aromatic carbocycles. The Morgan fingerprint density at radius 3 is 2.00 bits per heavy atom. The third kappa shape index (κ3) is 6.34. The highest BCUT2D eigenvalue weighted by atomic mass is 16.5. The highest BCUT2D eigenvalue weighted by Crippen LogP contribution is 2.29. The number of methoxy groups -OCH3 is 1. The minimum absolute atomic E-state index is 0.00150. The number of rotatable bonds is 8. The number of carbonyl (C=O) groups is 2. The molecular formula is C24H30N2O3. The fraction of sp³-hybridized carbons (Fsp3) is 0.417. The van der Waals surface area contributed by atoms with E-state index in [1.165, 1.54) is 5.56 Å². The van der Waals surface area contributed by atoms with E-state index in [0.29, 0.717) is 13.1 Å². The SMILES string of the molecule is COc1ccc(CNC(=O)C2CCC(C(=O)NCCc3ccccc3)CC2)cc1. The van der Waals surface area contributed by atoms with Crippen LogP contribution in [0.25, 0.3) is 0 Å². The lowest BCUT2D eigenvalue weighted by atomic mass is 9.81. The minimum Gasteiger partial charge on any atom is -0.497 e. The lowest BCUT2D eigenvalue weighted by Gasteiger charge is -2.27. The lowest BCUT2D eigenvalue weighted by molar-refractivity contribution is -0.130. The molecule has 0 spiro atoms. The summed E-state index contributed by atoms with van der Waals surface area (Å²) in [6, 6.07) is 17.9. The van der Waals surface area contributed by atoms with Crippen molar-refractivity contribution in [3.8, 4) is 5.75 Å². The van der Waals surface area contributed by atoms with Gasteiger partial charge in [-0.15, -0.1) is 0 Å². The Kier molecular flexibility index (Phi) is 7.68. The predicted octanol–water partition coefficient (Wildman–Crippen LogP) is 3.48. The summed E-state index contributed by atoms with van der Waals surface area (Å²) >= 11 is 0. The van der Waals surface area contributed by atoms with E-state index in [1.807, 2.05) is 42.5 Å². The topological polar surface area (TPSA) is 67.4 Å². The Balaban J connectivity index is 1.35. The van der Waals surface area contributed by atoms with Crippen LogP contribution >= 0.6 is 0 Å². The molecule has 0 saturated heterocycles. The molecule has 0 bridgehead atoms. The zero-order valence-corrected chi connectivity index (χ0v) is 17.0. The van der Waals surface area contributed by atoms with Gasteiger partial charge in [0, 0.05) is 24.9 Å². The molecule has 5 heteroatoms. The fourth-order valence-corrected chi connectivity index (χ4v) is 3.81. The molecule has 29 heavy (non-hydrogen) atoms. The van der Waals surface area contributed by atoms with Crippen LogP contribution in [0.1, 0.15) is 36.8 Å². The first-order chi connectivity index (χ1) is 14.2. The zero-order chi connectivity index (χ0) is 20.5. The number of benzene rings is 2.